The molecule has 2 aromatic carbocycles. The summed E-state index contributed by atoms with van der Waals surface area (Å²) in [5, 5.41) is 2.63. The molecule has 1 amide bonds. The highest BCUT2D eigenvalue weighted by atomic mass is 35.5. The van der Waals surface area contributed by atoms with Gasteiger partial charge in [0.15, 0.2) is 23.4 Å². The number of piperidine rings is 1. The van der Waals surface area contributed by atoms with Crippen LogP contribution in [0.5, 0.6) is 11.5 Å². The Morgan fingerprint density at radius 2 is 1.82 bits per heavy atom. The lowest BCUT2D eigenvalue weighted by Gasteiger charge is -2.33. The highest BCUT2D eigenvalue weighted by molar-refractivity contribution is 7.87. The molecular weight excluding hydrogens is 586 g/mol. The van der Waals surface area contributed by atoms with Gasteiger partial charge >= 0.3 is 0 Å². The number of halogens is 3. The first-order valence-corrected chi connectivity index (χ1v) is 14.7. The number of hydrogen-bond donors (Lipinski definition) is 1. The fourth-order valence-electron chi connectivity index (χ4n) is 4.15. The molecule has 14 heteroatoms. The molecule has 216 valence electrons. The number of ether oxygens (including phenoxy) is 2. The number of anilines is 2. The summed E-state index contributed by atoms with van der Waals surface area (Å²) in [5.74, 6) is 0.0758. The van der Waals surface area contributed by atoms with Crippen molar-refractivity contribution in [2.24, 2.45) is 0 Å². The predicted molar refractivity (Wildman–Crippen MR) is 151 cm³/mol. The molecule has 1 atom stereocenters. The molecule has 40 heavy (non-hydrogen) atoms. The van der Waals surface area contributed by atoms with Gasteiger partial charge in [0.1, 0.15) is 18.2 Å². The number of fused-ring (bicyclic) bond motifs is 1. The van der Waals surface area contributed by atoms with E-state index in [0.29, 0.717) is 54.2 Å². The second kappa shape index (κ2) is 12.3. The zero-order valence-electron chi connectivity index (χ0n) is 22.3. The number of nitrogens with one attached hydrogen (secondary N) is 1. The summed E-state index contributed by atoms with van der Waals surface area (Å²) in [5.41, 5.74) is 0.622. The summed E-state index contributed by atoms with van der Waals surface area (Å²) in [4.78, 5) is 22.9. The lowest BCUT2D eigenvalue weighted by atomic mass is 10.1. The van der Waals surface area contributed by atoms with Crippen LogP contribution in [0, 0.1) is 5.82 Å². The van der Waals surface area contributed by atoms with Gasteiger partial charge in [-0.3, -0.25) is 8.98 Å². The van der Waals surface area contributed by atoms with Crippen molar-refractivity contribution in [1.29, 1.82) is 0 Å². The Labute approximate surface area is 241 Å². The van der Waals surface area contributed by atoms with E-state index < -0.39 is 33.2 Å². The second-order valence-electron chi connectivity index (χ2n) is 9.51. The summed E-state index contributed by atoms with van der Waals surface area (Å²) in [6, 6.07) is 6.33. The standard InChI is InChI=1S/C26H29Cl2FN4O6S/c1-14(2)40(35,36)39-15(3)26(34)33-9-7-16(8-10-33)38-22-11-17-20(12-21(22)37-4)30-13-31-25(17)32-19-6-5-18(27)23(28)24(19)29/h5-6,11-16H,7-10H2,1-4H3,(H,30,31,32)/t15-/m1/s1. The van der Waals surface area contributed by atoms with Crippen molar-refractivity contribution < 1.29 is 31.3 Å². The molecule has 1 aliphatic rings. The van der Waals surface area contributed by atoms with Crippen LogP contribution in [0.4, 0.5) is 15.9 Å². The highest BCUT2D eigenvalue weighted by Gasteiger charge is 2.31. The molecule has 0 unspecified atom stereocenters. The van der Waals surface area contributed by atoms with Crippen molar-refractivity contribution in [3.05, 3.63) is 46.5 Å². The molecule has 1 N–H and O–H groups in total. The molecule has 1 aromatic heterocycles. The third kappa shape index (κ3) is 6.51. The summed E-state index contributed by atoms with van der Waals surface area (Å²) in [6.45, 7) is 5.14. The van der Waals surface area contributed by atoms with E-state index in [0.717, 1.165) is 0 Å². The number of carbonyl (C=O) groups excluding carboxylic acids is 1. The zero-order chi connectivity index (χ0) is 29.2. The summed E-state index contributed by atoms with van der Waals surface area (Å²) in [6.07, 6.45) is 0.976. The molecule has 0 saturated carbocycles. The van der Waals surface area contributed by atoms with Crippen LogP contribution >= 0.6 is 23.2 Å². The van der Waals surface area contributed by atoms with Crippen LogP contribution < -0.4 is 14.8 Å². The van der Waals surface area contributed by atoms with Gasteiger partial charge in [0.25, 0.3) is 16.0 Å². The Morgan fingerprint density at radius 1 is 1.12 bits per heavy atom. The fraction of sp³-hybridized carbons (Fsp3) is 0.423. The van der Waals surface area contributed by atoms with E-state index in [4.69, 9.17) is 36.9 Å². The van der Waals surface area contributed by atoms with Crippen LogP contribution in [0.1, 0.15) is 33.6 Å². The number of hydrogen-bond acceptors (Lipinski definition) is 9. The number of aromatic nitrogens is 2. The fourth-order valence-corrected chi connectivity index (χ4v) is 5.17. The third-order valence-electron chi connectivity index (χ3n) is 6.46. The Bertz CT molecular complexity index is 1520. The van der Waals surface area contributed by atoms with Crippen LogP contribution in [0.25, 0.3) is 10.9 Å². The van der Waals surface area contributed by atoms with Crippen molar-refractivity contribution in [3.8, 4) is 11.5 Å². The number of likely N-dealkylation sites (tertiary alicyclic amines) is 1. The SMILES string of the molecule is COc1cc2ncnc(Nc3ccc(Cl)c(Cl)c3F)c2cc1OC1CCN(C(=O)[C@@H](C)OS(=O)(=O)C(C)C)CC1. The quantitative estimate of drug-likeness (QED) is 0.251. The summed E-state index contributed by atoms with van der Waals surface area (Å²) in [7, 11) is -2.32. The first kappa shape index (κ1) is 30.0. The minimum absolute atomic E-state index is 0.0872. The maximum atomic E-state index is 14.7. The Kier molecular flexibility index (Phi) is 9.23. The first-order valence-electron chi connectivity index (χ1n) is 12.5. The molecule has 4 rings (SSSR count). The molecule has 3 aromatic rings. The number of carbonyl (C=O) groups is 1. The smallest absolute Gasteiger partial charge is 0.270 e. The zero-order valence-corrected chi connectivity index (χ0v) is 24.6. The van der Waals surface area contributed by atoms with Crippen molar-refractivity contribution in [2.45, 2.75) is 51.1 Å². The number of amides is 1. The predicted octanol–water partition coefficient (Wildman–Crippen LogP) is 5.34. The van der Waals surface area contributed by atoms with Gasteiger partial charge in [0.05, 0.1) is 33.6 Å². The van der Waals surface area contributed by atoms with Crippen molar-refractivity contribution >= 4 is 61.6 Å². The average molecular weight is 616 g/mol. The molecule has 0 aliphatic carbocycles. The molecule has 1 saturated heterocycles. The first-order chi connectivity index (χ1) is 18.9. The van der Waals surface area contributed by atoms with Gasteiger partial charge in [-0.25, -0.2) is 14.4 Å². The van der Waals surface area contributed by atoms with Gasteiger partial charge in [0.2, 0.25) is 0 Å². The topological polar surface area (TPSA) is 120 Å². The summed E-state index contributed by atoms with van der Waals surface area (Å²) >= 11 is 11.9. The molecule has 2 heterocycles. The molecule has 0 radical (unpaired) electrons. The van der Waals surface area contributed by atoms with E-state index in [1.54, 1.807) is 17.0 Å². The van der Waals surface area contributed by atoms with Gasteiger partial charge in [-0.05, 0) is 39.0 Å². The van der Waals surface area contributed by atoms with Crippen molar-refractivity contribution in [1.82, 2.24) is 14.9 Å². The Balaban J connectivity index is 1.49. The van der Waals surface area contributed by atoms with E-state index in [1.807, 2.05) is 0 Å². The number of nitrogens with zero attached hydrogens (tertiary/aromatic N) is 3. The van der Waals surface area contributed by atoms with E-state index >= 15 is 0 Å². The van der Waals surface area contributed by atoms with Crippen molar-refractivity contribution in [2.75, 3.05) is 25.5 Å². The maximum absolute atomic E-state index is 14.7. The molecule has 1 fully saturated rings. The largest absolute Gasteiger partial charge is 0.493 e. The number of benzene rings is 2. The lowest BCUT2D eigenvalue weighted by molar-refractivity contribution is -0.139. The van der Waals surface area contributed by atoms with Crippen LogP contribution in [0.3, 0.4) is 0 Å². The van der Waals surface area contributed by atoms with Crippen LogP contribution in [0.15, 0.2) is 30.6 Å². The molecule has 10 nitrogen and oxygen atoms in total. The average Bonchev–Trinajstić information content (AvgIpc) is 2.93. The van der Waals surface area contributed by atoms with Gasteiger partial charge in [0, 0.05) is 37.4 Å². The normalized spacial score (nSPS) is 15.3. The number of rotatable bonds is 9. The van der Waals surface area contributed by atoms with E-state index in [1.165, 1.54) is 46.3 Å². The highest BCUT2D eigenvalue weighted by Crippen LogP contribution is 2.37. The molecule has 0 bridgehead atoms. The van der Waals surface area contributed by atoms with Gasteiger partial charge < -0.3 is 19.7 Å². The maximum Gasteiger partial charge on any atom is 0.270 e. The molecule has 0 spiro atoms. The lowest BCUT2D eigenvalue weighted by Crippen LogP contribution is -2.46. The van der Waals surface area contributed by atoms with Gasteiger partial charge in [-0.15, -0.1) is 0 Å². The number of methoxy groups -OCH3 is 1. The van der Waals surface area contributed by atoms with Gasteiger partial charge in [-0.1, -0.05) is 23.2 Å². The molecular formula is C26H29Cl2FN4O6S. The Hall–Kier alpha value is -2.93. The monoisotopic (exact) mass is 614 g/mol. The third-order valence-corrected chi connectivity index (χ3v) is 8.95. The minimum atomic E-state index is -3.82. The van der Waals surface area contributed by atoms with Crippen molar-refractivity contribution in [3.63, 3.8) is 0 Å². The second-order valence-corrected chi connectivity index (χ2v) is 12.4. The molecule has 1 aliphatic heterocycles. The van der Waals surface area contributed by atoms with E-state index in [9.17, 15) is 17.6 Å². The van der Waals surface area contributed by atoms with E-state index in [2.05, 4.69) is 15.3 Å². The van der Waals surface area contributed by atoms with E-state index in [-0.39, 0.29) is 21.8 Å². The Morgan fingerprint density at radius 3 is 2.48 bits per heavy atom. The van der Waals surface area contributed by atoms with Gasteiger partial charge in [-0.2, -0.15) is 8.42 Å². The summed E-state index contributed by atoms with van der Waals surface area (Å²) < 4.78 is 55.6. The van der Waals surface area contributed by atoms with Crippen LogP contribution in [-0.2, 0) is 19.1 Å². The van der Waals surface area contributed by atoms with Crippen LogP contribution in [0.2, 0.25) is 10.0 Å². The van der Waals surface area contributed by atoms with Crippen LogP contribution in [-0.4, -0.2) is 66.9 Å². The minimum Gasteiger partial charge on any atom is -0.493 e.